The molecule has 1 saturated heterocycles. The van der Waals surface area contributed by atoms with Gasteiger partial charge in [0.15, 0.2) is 5.16 Å². The Kier molecular flexibility index (Phi) is 4.90. The minimum Gasteiger partial charge on any atom is -0.339 e. The highest BCUT2D eigenvalue weighted by atomic mass is 32.2. The summed E-state index contributed by atoms with van der Waals surface area (Å²) in [7, 11) is 0. The Balaban J connectivity index is 1.70. The minimum absolute atomic E-state index is 0.0669. The largest absolute Gasteiger partial charge is 0.339 e. The van der Waals surface area contributed by atoms with Crippen molar-refractivity contribution >= 4 is 34.3 Å². The third kappa shape index (κ3) is 3.12. The number of para-hydroxylation sites is 1. The second-order valence-corrected chi connectivity index (χ2v) is 7.85. The molecule has 1 aliphatic heterocycles. The van der Waals surface area contributed by atoms with Gasteiger partial charge in [0.05, 0.1) is 16.7 Å². The van der Waals surface area contributed by atoms with E-state index in [1.165, 1.54) is 18.2 Å². The van der Waals surface area contributed by atoms with Crippen LogP contribution in [0.3, 0.4) is 0 Å². The van der Waals surface area contributed by atoms with Crippen LogP contribution >= 0.6 is 11.8 Å². The molecule has 1 aromatic carbocycles. The highest BCUT2D eigenvalue weighted by Gasteiger charge is 2.24. The van der Waals surface area contributed by atoms with Crippen LogP contribution in [0.4, 0.5) is 0 Å². The van der Waals surface area contributed by atoms with Crippen LogP contribution < -0.4 is 5.56 Å². The van der Waals surface area contributed by atoms with Gasteiger partial charge in [0.1, 0.15) is 0 Å². The van der Waals surface area contributed by atoms with Crippen LogP contribution in [0.15, 0.2) is 34.2 Å². The van der Waals surface area contributed by atoms with Gasteiger partial charge < -0.3 is 4.90 Å². The van der Waals surface area contributed by atoms with Gasteiger partial charge in [-0.3, -0.25) is 18.6 Å². The number of carbonyl (C=O) groups is 1. The molecule has 1 atom stereocenters. The van der Waals surface area contributed by atoms with Gasteiger partial charge >= 0.3 is 0 Å². The molecule has 0 bridgehead atoms. The Labute approximate surface area is 161 Å². The fraction of sp³-hybridized carbons (Fsp3) is 0.474. The number of hydrogen-bond acceptors (Lipinski definition) is 5. The molecular weight excluding hydrogens is 362 g/mol. The summed E-state index contributed by atoms with van der Waals surface area (Å²) >= 11 is 1.38. The van der Waals surface area contributed by atoms with Crippen molar-refractivity contribution in [3.05, 3.63) is 34.6 Å². The van der Waals surface area contributed by atoms with Gasteiger partial charge in [-0.15, -0.1) is 10.2 Å². The first kappa shape index (κ1) is 18.0. The van der Waals surface area contributed by atoms with E-state index in [1.54, 1.807) is 4.57 Å². The smallest absolute Gasteiger partial charge is 0.262 e. The summed E-state index contributed by atoms with van der Waals surface area (Å²) in [5.41, 5.74) is 0.705. The monoisotopic (exact) mass is 385 g/mol. The fourth-order valence-corrected chi connectivity index (χ4v) is 4.62. The van der Waals surface area contributed by atoms with E-state index in [2.05, 4.69) is 17.1 Å². The van der Waals surface area contributed by atoms with E-state index < -0.39 is 0 Å². The van der Waals surface area contributed by atoms with Crippen molar-refractivity contribution < 1.29 is 4.79 Å². The lowest BCUT2D eigenvalue weighted by Gasteiger charge is -2.33. The summed E-state index contributed by atoms with van der Waals surface area (Å²) in [6, 6.07) is 7.76. The second-order valence-electron chi connectivity index (χ2n) is 6.91. The summed E-state index contributed by atoms with van der Waals surface area (Å²) in [4.78, 5) is 27.4. The van der Waals surface area contributed by atoms with Crippen LogP contribution in [-0.2, 0) is 11.3 Å². The van der Waals surface area contributed by atoms with Crippen LogP contribution in [0, 0.1) is 0 Å². The number of fused-ring (bicyclic) bond motifs is 3. The van der Waals surface area contributed by atoms with Crippen molar-refractivity contribution in [3.8, 4) is 0 Å². The Morgan fingerprint density at radius 3 is 2.85 bits per heavy atom. The first-order valence-corrected chi connectivity index (χ1v) is 10.4. The molecule has 0 N–H and O–H groups in total. The zero-order chi connectivity index (χ0) is 19.0. The maximum Gasteiger partial charge on any atom is 0.262 e. The summed E-state index contributed by atoms with van der Waals surface area (Å²) in [6.07, 6.45) is 3.33. The van der Waals surface area contributed by atoms with E-state index in [0.717, 1.165) is 24.9 Å². The van der Waals surface area contributed by atoms with E-state index in [1.807, 2.05) is 40.5 Å². The SMILES string of the molecule is CCn1c(=O)c2ccccc2n2c(SCC(=O)N3CCCC[C@H]3C)nnc12. The third-order valence-electron chi connectivity index (χ3n) is 5.24. The van der Waals surface area contributed by atoms with E-state index in [4.69, 9.17) is 0 Å². The predicted octanol–water partition coefficient (Wildman–Crippen LogP) is 2.56. The second kappa shape index (κ2) is 7.34. The lowest BCUT2D eigenvalue weighted by Crippen LogP contribution is -2.42. The van der Waals surface area contributed by atoms with Gasteiger partial charge in [-0.25, -0.2) is 0 Å². The summed E-state index contributed by atoms with van der Waals surface area (Å²) in [6.45, 7) is 5.38. The van der Waals surface area contributed by atoms with Crippen molar-refractivity contribution in [2.45, 2.75) is 50.9 Å². The van der Waals surface area contributed by atoms with Crippen molar-refractivity contribution in [1.29, 1.82) is 0 Å². The Bertz CT molecular complexity index is 1060. The average molecular weight is 385 g/mol. The molecule has 0 unspecified atom stereocenters. The first-order chi connectivity index (χ1) is 13.1. The molecule has 0 spiro atoms. The maximum atomic E-state index is 12.7. The first-order valence-electron chi connectivity index (χ1n) is 9.40. The number of likely N-dealkylation sites (tertiary alicyclic amines) is 1. The van der Waals surface area contributed by atoms with E-state index >= 15 is 0 Å². The number of aryl methyl sites for hydroxylation is 1. The summed E-state index contributed by atoms with van der Waals surface area (Å²) < 4.78 is 3.51. The number of thioether (sulfide) groups is 1. The molecule has 27 heavy (non-hydrogen) atoms. The van der Waals surface area contributed by atoms with Crippen LogP contribution in [0.2, 0.25) is 0 Å². The molecular formula is C19H23N5O2S. The highest BCUT2D eigenvalue weighted by molar-refractivity contribution is 7.99. The van der Waals surface area contributed by atoms with Gasteiger partial charge in [0.2, 0.25) is 11.7 Å². The average Bonchev–Trinajstić information content (AvgIpc) is 3.11. The fourth-order valence-electron chi connectivity index (χ4n) is 3.79. The molecule has 142 valence electrons. The zero-order valence-electron chi connectivity index (χ0n) is 15.6. The molecule has 7 nitrogen and oxygen atoms in total. The standard InChI is InChI=1S/C19H23N5O2S/c1-3-22-17(26)14-9-4-5-10-15(14)24-18(22)20-21-19(24)27-12-16(25)23-11-7-6-8-13(23)2/h4-5,9-10,13H,3,6-8,11-12H2,1-2H3/t13-/m1/s1. The molecule has 0 saturated carbocycles. The molecule has 3 aromatic rings. The number of amides is 1. The van der Waals surface area contributed by atoms with Crippen LogP contribution in [-0.4, -0.2) is 48.3 Å². The van der Waals surface area contributed by atoms with Crippen LogP contribution in [0.1, 0.15) is 33.1 Å². The normalized spacial score (nSPS) is 17.7. The van der Waals surface area contributed by atoms with Crippen molar-refractivity contribution in [2.75, 3.05) is 12.3 Å². The Morgan fingerprint density at radius 2 is 2.07 bits per heavy atom. The predicted molar refractivity (Wildman–Crippen MR) is 106 cm³/mol. The molecule has 1 aliphatic rings. The number of nitrogens with zero attached hydrogens (tertiary/aromatic N) is 5. The molecule has 0 aliphatic carbocycles. The number of piperidine rings is 1. The summed E-state index contributed by atoms with van der Waals surface area (Å²) in [5, 5.41) is 9.78. The van der Waals surface area contributed by atoms with Gasteiger partial charge in [0, 0.05) is 19.1 Å². The van der Waals surface area contributed by atoms with E-state index in [9.17, 15) is 9.59 Å². The van der Waals surface area contributed by atoms with E-state index in [0.29, 0.717) is 34.7 Å². The lowest BCUT2D eigenvalue weighted by atomic mass is 10.0. The molecule has 4 rings (SSSR count). The molecule has 1 fully saturated rings. The third-order valence-corrected chi connectivity index (χ3v) is 6.16. The molecule has 8 heteroatoms. The zero-order valence-corrected chi connectivity index (χ0v) is 16.4. The van der Waals surface area contributed by atoms with Gasteiger partial charge in [-0.2, -0.15) is 0 Å². The highest BCUT2D eigenvalue weighted by Crippen LogP contribution is 2.23. The van der Waals surface area contributed by atoms with Crippen molar-refractivity contribution in [3.63, 3.8) is 0 Å². The number of aromatic nitrogens is 4. The molecule has 1 amide bonds. The minimum atomic E-state index is -0.0669. The number of hydrogen-bond donors (Lipinski definition) is 0. The van der Waals surface area contributed by atoms with E-state index in [-0.39, 0.29) is 11.5 Å². The van der Waals surface area contributed by atoms with Gasteiger partial charge in [-0.05, 0) is 45.2 Å². The molecule has 0 radical (unpaired) electrons. The maximum absolute atomic E-state index is 12.7. The number of rotatable bonds is 4. The van der Waals surface area contributed by atoms with Crippen LogP contribution in [0.5, 0.6) is 0 Å². The lowest BCUT2D eigenvalue weighted by molar-refractivity contribution is -0.131. The van der Waals surface area contributed by atoms with Gasteiger partial charge in [0.25, 0.3) is 5.56 Å². The quantitative estimate of drug-likeness (QED) is 0.646. The Hall–Kier alpha value is -2.35. The topological polar surface area (TPSA) is 72.5 Å². The van der Waals surface area contributed by atoms with Gasteiger partial charge in [-0.1, -0.05) is 23.9 Å². The molecule has 3 heterocycles. The van der Waals surface area contributed by atoms with Crippen molar-refractivity contribution in [2.24, 2.45) is 0 Å². The number of carbonyl (C=O) groups excluding carboxylic acids is 1. The Morgan fingerprint density at radius 1 is 1.26 bits per heavy atom. The van der Waals surface area contributed by atoms with Crippen LogP contribution in [0.25, 0.3) is 16.7 Å². The number of benzene rings is 1. The van der Waals surface area contributed by atoms with Crippen molar-refractivity contribution in [1.82, 2.24) is 24.1 Å². The summed E-state index contributed by atoms with van der Waals surface area (Å²) in [5.74, 6) is 0.976. The molecule has 2 aromatic heterocycles.